The lowest BCUT2D eigenvalue weighted by atomic mass is 9.90. The molecule has 1 saturated heterocycles. The second kappa shape index (κ2) is 9.44. The van der Waals surface area contributed by atoms with Crippen molar-refractivity contribution in [2.24, 2.45) is 0 Å². The van der Waals surface area contributed by atoms with Crippen molar-refractivity contribution in [1.29, 1.82) is 0 Å². The number of allylic oxidation sites excluding steroid dienone is 2. The highest BCUT2D eigenvalue weighted by Gasteiger charge is 2.31. The van der Waals surface area contributed by atoms with E-state index in [1.54, 1.807) is 17.0 Å². The summed E-state index contributed by atoms with van der Waals surface area (Å²) in [6.07, 6.45) is 2.77. The van der Waals surface area contributed by atoms with Crippen molar-refractivity contribution in [1.82, 2.24) is 4.90 Å². The molecule has 5 nitrogen and oxygen atoms in total. The van der Waals surface area contributed by atoms with Crippen LogP contribution in [0.25, 0.3) is 5.57 Å². The first-order valence-corrected chi connectivity index (χ1v) is 13.2. The first-order chi connectivity index (χ1) is 16.0. The number of alkyl halides is 3. The number of piperazine rings is 1. The molecule has 2 aromatic rings. The average Bonchev–Trinajstić information content (AvgIpc) is 2.83. The first-order valence-electron chi connectivity index (χ1n) is 11.3. The molecule has 0 radical (unpaired) electrons. The van der Waals surface area contributed by atoms with Crippen LogP contribution >= 0.6 is 0 Å². The molecule has 0 unspecified atom stereocenters. The molecule has 34 heavy (non-hydrogen) atoms. The molecule has 0 bridgehead atoms. The van der Waals surface area contributed by atoms with E-state index in [1.165, 1.54) is 18.2 Å². The lowest BCUT2D eigenvalue weighted by Gasteiger charge is -2.36. The minimum Gasteiger partial charge on any atom is -0.368 e. The topological polar surface area (TPSA) is 57.7 Å². The molecule has 1 heterocycles. The number of sulfone groups is 1. The van der Waals surface area contributed by atoms with Crippen molar-refractivity contribution in [3.8, 4) is 0 Å². The monoisotopic (exact) mass is 492 g/mol. The van der Waals surface area contributed by atoms with Gasteiger partial charge in [-0.05, 0) is 73.2 Å². The molecule has 1 amide bonds. The second-order valence-corrected chi connectivity index (χ2v) is 10.8. The summed E-state index contributed by atoms with van der Waals surface area (Å²) in [6.45, 7) is 1.73. The average molecular weight is 493 g/mol. The highest BCUT2D eigenvalue weighted by atomic mass is 32.2. The number of halogens is 3. The van der Waals surface area contributed by atoms with Crippen molar-refractivity contribution in [2.45, 2.75) is 36.8 Å². The lowest BCUT2D eigenvalue weighted by Crippen LogP contribution is -2.49. The van der Waals surface area contributed by atoms with E-state index in [4.69, 9.17) is 0 Å². The van der Waals surface area contributed by atoms with Crippen LogP contribution in [0.3, 0.4) is 0 Å². The van der Waals surface area contributed by atoms with E-state index < -0.39 is 21.6 Å². The van der Waals surface area contributed by atoms with Gasteiger partial charge in [0.05, 0.1) is 10.5 Å². The Morgan fingerprint density at radius 2 is 1.62 bits per heavy atom. The van der Waals surface area contributed by atoms with Gasteiger partial charge in [0.15, 0.2) is 9.84 Å². The Balaban J connectivity index is 1.54. The van der Waals surface area contributed by atoms with E-state index in [0.717, 1.165) is 55.2 Å². The Morgan fingerprint density at radius 1 is 0.941 bits per heavy atom. The van der Waals surface area contributed by atoms with Gasteiger partial charge < -0.3 is 9.80 Å². The normalized spacial score (nSPS) is 17.5. The van der Waals surface area contributed by atoms with Crippen molar-refractivity contribution in [3.63, 3.8) is 0 Å². The van der Waals surface area contributed by atoms with E-state index >= 15 is 0 Å². The number of amides is 1. The zero-order valence-corrected chi connectivity index (χ0v) is 19.8. The minimum absolute atomic E-state index is 0.111. The molecule has 2 aromatic carbocycles. The highest BCUT2D eigenvalue weighted by molar-refractivity contribution is 7.90. The zero-order chi connectivity index (χ0) is 24.5. The maximum absolute atomic E-state index is 13.5. The molecule has 9 heteroatoms. The number of carbonyl (C=O) groups excluding carboxylic acids is 1. The molecule has 4 rings (SSSR count). The van der Waals surface area contributed by atoms with Crippen molar-refractivity contribution >= 4 is 27.0 Å². The second-order valence-electron chi connectivity index (χ2n) is 8.78. The van der Waals surface area contributed by atoms with Gasteiger partial charge in [-0.2, -0.15) is 13.2 Å². The standard InChI is InChI=1S/C25H27F3N2O3S/c1-34(32,33)21-11-12-22(18-5-3-2-4-6-18)23(17-21)24(31)30-15-13-29(14-16-30)20-9-7-19(8-10-20)25(26,27)28/h5,7-12,17H,2-4,6,13-16H2,1H3. The zero-order valence-electron chi connectivity index (χ0n) is 18.9. The third kappa shape index (κ3) is 5.29. The summed E-state index contributed by atoms with van der Waals surface area (Å²) in [5.74, 6) is -0.223. The predicted octanol–water partition coefficient (Wildman–Crippen LogP) is 5.03. The van der Waals surface area contributed by atoms with Crippen LogP contribution in [0, 0.1) is 0 Å². The number of rotatable bonds is 4. The molecule has 0 saturated carbocycles. The fourth-order valence-corrected chi connectivity index (χ4v) is 5.14. The fraction of sp³-hybridized carbons (Fsp3) is 0.400. The summed E-state index contributed by atoms with van der Waals surface area (Å²) in [7, 11) is -3.47. The number of anilines is 1. The minimum atomic E-state index is -4.38. The van der Waals surface area contributed by atoms with E-state index in [9.17, 15) is 26.4 Å². The predicted molar refractivity (Wildman–Crippen MR) is 126 cm³/mol. The van der Waals surface area contributed by atoms with E-state index in [1.807, 2.05) is 4.90 Å². The largest absolute Gasteiger partial charge is 0.416 e. The van der Waals surface area contributed by atoms with Gasteiger partial charge in [0.25, 0.3) is 5.91 Å². The molecule has 1 aliphatic heterocycles. The highest BCUT2D eigenvalue weighted by Crippen LogP contribution is 2.32. The van der Waals surface area contributed by atoms with Crippen LogP contribution in [0.2, 0.25) is 0 Å². The molecular weight excluding hydrogens is 465 g/mol. The van der Waals surface area contributed by atoms with Crippen LogP contribution < -0.4 is 4.90 Å². The molecule has 0 aromatic heterocycles. The van der Waals surface area contributed by atoms with Crippen LogP contribution in [0.4, 0.5) is 18.9 Å². The van der Waals surface area contributed by atoms with Crippen molar-refractivity contribution < 1.29 is 26.4 Å². The van der Waals surface area contributed by atoms with Crippen molar-refractivity contribution in [3.05, 3.63) is 65.2 Å². The summed E-state index contributed by atoms with van der Waals surface area (Å²) >= 11 is 0. The Kier molecular flexibility index (Phi) is 6.75. The van der Waals surface area contributed by atoms with Gasteiger partial charge in [-0.1, -0.05) is 12.1 Å². The van der Waals surface area contributed by atoms with Gasteiger partial charge in [0.1, 0.15) is 0 Å². The van der Waals surface area contributed by atoms with E-state index in [-0.39, 0.29) is 10.8 Å². The number of nitrogens with zero attached hydrogens (tertiary/aromatic N) is 2. The fourth-order valence-electron chi connectivity index (χ4n) is 4.49. The SMILES string of the molecule is CS(=O)(=O)c1ccc(C2=CCCCC2)c(C(=O)N2CCN(c3ccc(C(F)(F)F)cc3)CC2)c1. The Bertz CT molecular complexity index is 1200. The van der Waals surface area contributed by atoms with Gasteiger partial charge in [0.2, 0.25) is 0 Å². The van der Waals surface area contributed by atoms with E-state index in [2.05, 4.69) is 6.08 Å². The summed E-state index contributed by atoms with van der Waals surface area (Å²) < 4.78 is 62.8. The number of carbonyl (C=O) groups is 1. The molecule has 182 valence electrons. The quantitative estimate of drug-likeness (QED) is 0.601. The maximum Gasteiger partial charge on any atom is 0.416 e. The molecule has 0 atom stereocenters. The summed E-state index contributed by atoms with van der Waals surface area (Å²) in [4.78, 5) is 17.2. The summed E-state index contributed by atoms with van der Waals surface area (Å²) in [5.41, 5.74) is 2.21. The van der Waals surface area contributed by atoms with Crippen LogP contribution in [-0.4, -0.2) is 51.7 Å². The smallest absolute Gasteiger partial charge is 0.368 e. The Labute approximate surface area is 197 Å². The molecular formula is C25H27F3N2O3S. The van der Waals surface area contributed by atoms with Crippen LogP contribution in [-0.2, 0) is 16.0 Å². The number of hydrogen-bond acceptors (Lipinski definition) is 4. The van der Waals surface area contributed by atoms with Crippen LogP contribution in [0.1, 0.15) is 47.2 Å². The van der Waals surface area contributed by atoms with Gasteiger partial charge in [0, 0.05) is 43.7 Å². The van der Waals surface area contributed by atoms with Crippen molar-refractivity contribution in [2.75, 3.05) is 37.3 Å². The van der Waals surface area contributed by atoms with E-state index in [0.29, 0.717) is 37.4 Å². The molecule has 0 N–H and O–H groups in total. The molecule has 0 spiro atoms. The third-order valence-electron chi connectivity index (χ3n) is 6.41. The van der Waals surface area contributed by atoms with Gasteiger partial charge in [-0.3, -0.25) is 4.79 Å². The lowest BCUT2D eigenvalue weighted by molar-refractivity contribution is -0.137. The number of hydrogen-bond donors (Lipinski definition) is 0. The molecule has 1 fully saturated rings. The van der Waals surface area contributed by atoms with Crippen LogP contribution in [0.5, 0.6) is 0 Å². The maximum atomic E-state index is 13.5. The Hall–Kier alpha value is -2.81. The first kappa shape index (κ1) is 24.3. The summed E-state index contributed by atoms with van der Waals surface area (Å²) in [5, 5.41) is 0. The van der Waals surface area contributed by atoms with Gasteiger partial charge in [-0.25, -0.2) is 8.42 Å². The molecule has 1 aliphatic carbocycles. The van der Waals surface area contributed by atoms with Gasteiger partial charge >= 0.3 is 6.18 Å². The Morgan fingerprint density at radius 3 is 2.18 bits per heavy atom. The number of benzene rings is 2. The third-order valence-corrected chi connectivity index (χ3v) is 7.52. The van der Waals surface area contributed by atoms with Gasteiger partial charge in [-0.15, -0.1) is 0 Å². The van der Waals surface area contributed by atoms with Crippen LogP contribution in [0.15, 0.2) is 53.4 Å². The summed E-state index contributed by atoms with van der Waals surface area (Å²) in [6, 6.07) is 9.79. The molecule has 2 aliphatic rings.